The summed E-state index contributed by atoms with van der Waals surface area (Å²) in [5.41, 5.74) is -0.204. The lowest BCUT2D eigenvalue weighted by atomic mass is 10.1. The van der Waals surface area contributed by atoms with Crippen molar-refractivity contribution in [3.63, 3.8) is 0 Å². The molecule has 2 aliphatic heterocycles. The zero-order chi connectivity index (χ0) is 18.4. The third kappa shape index (κ3) is 6.04. The summed E-state index contributed by atoms with van der Waals surface area (Å²) in [6.07, 6.45) is 7.42. The largest absolute Gasteiger partial charge is 0.490 e. The standard InChI is InChI=1S/C20H28F2N2O2.ClH/c21-17-15-19(26-13-7-10-23-8-3-1-4-9-23)18(22)14-16(17)20(25)24-11-5-2-6-12-24;/h14-15H,1-13H2;1H. The fraction of sp³-hybridized carbons (Fsp3) is 0.650. The van der Waals surface area contributed by atoms with Crippen molar-refractivity contribution in [2.75, 3.05) is 39.3 Å². The normalized spacial score (nSPS) is 18.1. The smallest absolute Gasteiger partial charge is 0.256 e. The molecule has 2 fully saturated rings. The van der Waals surface area contributed by atoms with Gasteiger partial charge in [-0.25, -0.2) is 8.78 Å². The minimum absolute atomic E-state index is 0. The molecule has 2 saturated heterocycles. The fourth-order valence-corrected chi connectivity index (χ4v) is 3.72. The van der Waals surface area contributed by atoms with Crippen LogP contribution in [0.4, 0.5) is 8.78 Å². The second-order valence-electron chi connectivity index (χ2n) is 7.22. The highest BCUT2D eigenvalue weighted by atomic mass is 35.5. The molecule has 2 heterocycles. The summed E-state index contributed by atoms with van der Waals surface area (Å²) in [4.78, 5) is 16.4. The molecule has 0 N–H and O–H groups in total. The molecular formula is C20H29ClF2N2O2. The monoisotopic (exact) mass is 402 g/mol. The van der Waals surface area contributed by atoms with E-state index >= 15 is 0 Å². The van der Waals surface area contributed by atoms with Crippen molar-refractivity contribution in [3.05, 3.63) is 29.3 Å². The average molecular weight is 403 g/mol. The third-order valence-electron chi connectivity index (χ3n) is 5.22. The van der Waals surface area contributed by atoms with E-state index in [-0.39, 0.29) is 23.7 Å². The van der Waals surface area contributed by atoms with Crippen LogP contribution in [0.5, 0.6) is 5.75 Å². The van der Waals surface area contributed by atoms with Gasteiger partial charge in [-0.3, -0.25) is 4.79 Å². The molecule has 0 radical (unpaired) electrons. The van der Waals surface area contributed by atoms with E-state index in [1.807, 2.05) is 0 Å². The number of likely N-dealkylation sites (tertiary alicyclic amines) is 2. The number of rotatable bonds is 6. The van der Waals surface area contributed by atoms with Crippen LogP contribution < -0.4 is 4.74 Å². The van der Waals surface area contributed by atoms with E-state index in [1.54, 1.807) is 4.90 Å². The van der Waals surface area contributed by atoms with Crippen LogP contribution in [0.1, 0.15) is 55.3 Å². The van der Waals surface area contributed by atoms with E-state index in [0.717, 1.165) is 57.5 Å². The highest BCUT2D eigenvalue weighted by Gasteiger charge is 2.23. The molecule has 2 aliphatic rings. The van der Waals surface area contributed by atoms with Gasteiger partial charge in [-0.15, -0.1) is 12.4 Å². The van der Waals surface area contributed by atoms with Crippen LogP contribution in [0.2, 0.25) is 0 Å². The molecule has 1 aromatic rings. The first-order chi connectivity index (χ1) is 12.6. The second-order valence-corrected chi connectivity index (χ2v) is 7.22. The van der Waals surface area contributed by atoms with Gasteiger partial charge < -0.3 is 14.5 Å². The van der Waals surface area contributed by atoms with Crippen molar-refractivity contribution >= 4 is 18.3 Å². The van der Waals surface area contributed by atoms with E-state index in [4.69, 9.17) is 4.74 Å². The van der Waals surface area contributed by atoms with Crippen LogP contribution in [-0.2, 0) is 0 Å². The molecule has 0 unspecified atom stereocenters. The molecule has 1 amide bonds. The Kier molecular flexibility index (Phi) is 8.77. The number of nitrogens with zero attached hydrogens (tertiary/aromatic N) is 2. The number of halogens is 3. The van der Waals surface area contributed by atoms with Crippen LogP contribution in [0.25, 0.3) is 0 Å². The van der Waals surface area contributed by atoms with Gasteiger partial charge in [0.2, 0.25) is 0 Å². The van der Waals surface area contributed by atoms with Gasteiger partial charge in [0, 0.05) is 25.7 Å². The second kappa shape index (κ2) is 10.8. The molecule has 0 aromatic heterocycles. The quantitative estimate of drug-likeness (QED) is 0.666. The number of piperidine rings is 2. The molecule has 152 valence electrons. The predicted octanol–water partition coefficient (Wildman–Crippen LogP) is 4.27. The maximum atomic E-state index is 14.3. The maximum Gasteiger partial charge on any atom is 0.256 e. The van der Waals surface area contributed by atoms with Gasteiger partial charge >= 0.3 is 0 Å². The number of hydrogen-bond donors (Lipinski definition) is 0. The lowest BCUT2D eigenvalue weighted by Gasteiger charge is -2.27. The zero-order valence-electron chi connectivity index (χ0n) is 15.7. The van der Waals surface area contributed by atoms with E-state index in [9.17, 15) is 13.6 Å². The number of benzene rings is 1. The molecule has 0 atom stereocenters. The first kappa shape index (κ1) is 21.9. The van der Waals surface area contributed by atoms with Crippen LogP contribution in [0.3, 0.4) is 0 Å². The Morgan fingerprint density at radius 1 is 0.926 bits per heavy atom. The number of ether oxygens (including phenoxy) is 1. The highest BCUT2D eigenvalue weighted by molar-refractivity contribution is 5.94. The van der Waals surface area contributed by atoms with Crippen LogP contribution in [0, 0.1) is 11.6 Å². The number of carbonyl (C=O) groups is 1. The van der Waals surface area contributed by atoms with Crippen molar-refractivity contribution < 1.29 is 18.3 Å². The van der Waals surface area contributed by atoms with Crippen molar-refractivity contribution in [1.29, 1.82) is 0 Å². The SMILES string of the molecule is Cl.O=C(c1cc(F)c(OCCCN2CCCCC2)cc1F)N1CCCCC1. The molecule has 0 bridgehead atoms. The molecular weight excluding hydrogens is 374 g/mol. The average Bonchev–Trinajstić information content (AvgIpc) is 2.68. The van der Waals surface area contributed by atoms with Gasteiger partial charge in [-0.05, 0) is 57.7 Å². The maximum absolute atomic E-state index is 14.3. The molecule has 27 heavy (non-hydrogen) atoms. The summed E-state index contributed by atoms with van der Waals surface area (Å²) >= 11 is 0. The first-order valence-electron chi connectivity index (χ1n) is 9.78. The fourth-order valence-electron chi connectivity index (χ4n) is 3.72. The number of carbonyl (C=O) groups excluding carboxylic acids is 1. The summed E-state index contributed by atoms with van der Waals surface area (Å²) in [5, 5.41) is 0. The Morgan fingerprint density at radius 2 is 1.56 bits per heavy atom. The Bertz CT molecular complexity index is 618. The predicted molar refractivity (Wildman–Crippen MR) is 104 cm³/mol. The minimum atomic E-state index is -0.715. The lowest BCUT2D eigenvalue weighted by Crippen LogP contribution is -2.36. The van der Waals surface area contributed by atoms with Gasteiger partial charge in [0.05, 0.1) is 12.2 Å². The van der Waals surface area contributed by atoms with E-state index in [1.165, 1.54) is 19.3 Å². The highest BCUT2D eigenvalue weighted by Crippen LogP contribution is 2.24. The summed E-state index contributed by atoms with van der Waals surface area (Å²) in [5.74, 6) is -1.94. The van der Waals surface area contributed by atoms with E-state index in [0.29, 0.717) is 19.7 Å². The molecule has 7 heteroatoms. The van der Waals surface area contributed by atoms with Gasteiger partial charge in [0.25, 0.3) is 5.91 Å². The zero-order valence-corrected chi connectivity index (χ0v) is 16.5. The Labute approximate surface area is 166 Å². The van der Waals surface area contributed by atoms with Crippen molar-refractivity contribution in [2.24, 2.45) is 0 Å². The van der Waals surface area contributed by atoms with Crippen molar-refractivity contribution in [3.8, 4) is 5.75 Å². The molecule has 3 rings (SSSR count). The molecule has 1 aromatic carbocycles. The minimum Gasteiger partial charge on any atom is -0.490 e. The molecule has 0 saturated carbocycles. The molecule has 0 spiro atoms. The summed E-state index contributed by atoms with van der Waals surface area (Å²) in [6, 6.07) is 1.99. The summed E-state index contributed by atoms with van der Waals surface area (Å²) < 4.78 is 34.0. The summed E-state index contributed by atoms with van der Waals surface area (Å²) in [7, 11) is 0. The number of amides is 1. The van der Waals surface area contributed by atoms with E-state index < -0.39 is 17.5 Å². The molecule has 4 nitrogen and oxygen atoms in total. The summed E-state index contributed by atoms with van der Waals surface area (Å²) in [6.45, 7) is 4.68. The van der Waals surface area contributed by atoms with E-state index in [2.05, 4.69) is 4.90 Å². The van der Waals surface area contributed by atoms with Gasteiger partial charge in [-0.2, -0.15) is 0 Å². The van der Waals surface area contributed by atoms with Crippen LogP contribution >= 0.6 is 12.4 Å². The van der Waals surface area contributed by atoms with Gasteiger partial charge in [0.1, 0.15) is 5.82 Å². The molecule has 0 aliphatic carbocycles. The third-order valence-corrected chi connectivity index (χ3v) is 5.22. The van der Waals surface area contributed by atoms with Crippen LogP contribution in [-0.4, -0.2) is 55.0 Å². The Hall–Kier alpha value is -1.40. The number of hydrogen-bond acceptors (Lipinski definition) is 3. The van der Waals surface area contributed by atoms with Gasteiger partial charge in [0.15, 0.2) is 11.6 Å². The topological polar surface area (TPSA) is 32.8 Å². The van der Waals surface area contributed by atoms with Crippen LogP contribution in [0.15, 0.2) is 12.1 Å². The van der Waals surface area contributed by atoms with Crippen molar-refractivity contribution in [1.82, 2.24) is 9.80 Å². The Balaban J connectivity index is 0.00000261. The van der Waals surface area contributed by atoms with Crippen molar-refractivity contribution in [2.45, 2.75) is 44.9 Å². The first-order valence-corrected chi connectivity index (χ1v) is 9.78. The Morgan fingerprint density at radius 3 is 2.22 bits per heavy atom. The lowest BCUT2D eigenvalue weighted by molar-refractivity contribution is 0.0719. The van der Waals surface area contributed by atoms with Gasteiger partial charge in [-0.1, -0.05) is 6.42 Å².